The first-order valence-corrected chi connectivity index (χ1v) is 5.74. The summed E-state index contributed by atoms with van der Waals surface area (Å²) in [5.74, 6) is 0. The molecule has 1 aromatic carbocycles. The van der Waals surface area contributed by atoms with Gasteiger partial charge >= 0.3 is 6.18 Å². The lowest BCUT2D eigenvalue weighted by Gasteiger charge is -2.24. The van der Waals surface area contributed by atoms with Gasteiger partial charge in [0.1, 0.15) is 6.04 Å². The summed E-state index contributed by atoms with van der Waals surface area (Å²) in [5.41, 5.74) is -0.100. The fourth-order valence-electron chi connectivity index (χ4n) is 1.81. The number of nitriles is 1. The van der Waals surface area contributed by atoms with E-state index in [1.807, 2.05) is 18.7 Å². The third-order valence-electron chi connectivity index (χ3n) is 2.85. The first-order chi connectivity index (χ1) is 8.43. The van der Waals surface area contributed by atoms with Gasteiger partial charge in [0.05, 0.1) is 11.6 Å². The Hall–Kier alpha value is -1.54. The summed E-state index contributed by atoms with van der Waals surface area (Å²) < 4.78 is 37.3. The molecular formula is C13H15F3N2. The third kappa shape index (κ3) is 3.23. The van der Waals surface area contributed by atoms with E-state index in [1.165, 1.54) is 12.1 Å². The Kier molecular flexibility index (Phi) is 4.74. The van der Waals surface area contributed by atoms with E-state index in [-0.39, 0.29) is 0 Å². The van der Waals surface area contributed by atoms with E-state index in [4.69, 9.17) is 5.26 Å². The van der Waals surface area contributed by atoms with Crippen LogP contribution in [-0.4, -0.2) is 18.0 Å². The molecule has 1 aromatic rings. The number of alkyl halides is 3. The highest BCUT2D eigenvalue weighted by molar-refractivity contribution is 5.29. The number of nitrogens with zero attached hydrogens (tertiary/aromatic N) is 2. The molecule has 5 heteroatoms. The van der Waals surface area contributed by atoms with Gasteiger partial charge in [0.2, 0.25) is 0 Å². The smallest absolute Gasteiger partial charge is 0.285 e. The molecule has 0 amide bonds. The first kappa shape index (κ1) is 14.5. The van der Waals surface area contributed by atoms with Gasteiger partial charge in [-0.2, -0.15) is 18.4 Å². The summed E-state index contributed by atoms with van der Waals surface area (Å²) in [6.07, 6.45) is -4.34. The summed E-state index contributed by atoms with van der Waals surface area (Å²) in [6, 6.07) is 6.40. The lowest BCUT2D eigenvalue weighted by atomic mass is 10.0. The van der Waals surface area contributed by atoms with Crippen molar-refractivity contribution >= 4 is 0 Å². The molecule has 0 radical (unpaired) electrons. The highest BCUT2D eigenvalue weighted by Gasteiger charge is 2.30. The largest absolute Gasteiger partial charge is 0.416 e. The number of benzene rings is 1. The van der Waals surface area contributed by atoms with Crippen LogP contribution in [0.1, 0.15) is 31.0 Å². The molecule has 1 atom stereocenters. The van der Waals surface area contributed by atoms with Gasteiger partial charge in [-0.15, -0.1) is 0 Å². The molecule has 0 aliphatic heterocycles. The third-order valence-corrected chi connectivity index (χ3v) is 2.85. The molecule has 0 aliphatic carbocycles. The molecule has 0 heterocycles. The average molecular weight is 256 g/mol. The zero-order valence-corrected chi connectivity index (χ0v) is 10.3. The molecule has 1 unspecified atom stereocenters. The fourth-order valence-corrected chi connectivity index (χ4v) is 1.81. The van der Waals surface area contributed by atoms with Gasteiger partial charge in [-0.05, 0) is 30.8 Å². The molecule has 0 aromatic heterocycles. The SMILES string of the molecule is CCN(CC)C(C#N)c1ccc(C(F)(F)F)cc1. The maximum absolute atomic E-state index is 12.4. The van der Waals surface area contributed by atoms with Crippen molar-refractivity contribution in [3.8, 4) is 6.07 Å². The Balaban J connectivity index is 3.00. The van der Waals surface area contributed by atoms with Gasteiger partial charge < -0.3 is 0 Å². The normalized spacial score (nSPS) is 13.4. The van der Waals surface area contributed by atoms with E-state index < -0.39 is 17.8 Å². The van der Waals surface area contributed by atoms with Gasteiger partial charge in [-0.3, -0.25) is 4.90 Å². The maximum atomic E-state index is 12.4. The van der Waals surface area contributed by atoms with Crippen LogP contribution in [0.3, 0.4) is 0 Å². The minimum atomic E-state index is -4.34. The van der Waals surface area contributed by atoms with Crippen molar-refractivity contribution in [2.24, 2.45) is 0 Å². The molecular weight excluding hydrogens is 241 g/mol. The molecule has 2 nitrogen and oxygen atoms in total. The van der Waals surface area contributed by atoms with E-state index in [9.17, 15) is 13.2 Å². The van der Waals surface area contributed by atoms with Crippen LogP contribution in [-0.2, 0) is 6.18 Å². The quantitative estimate of drug-likeness (QED) is 0.822. The van der Waals surface area contributed by atoms with E-state index in [1.54, 1.807) is 0 Å². The zero-order valence-electron chi connectivity index (χ0n) is 10.3. The van der Waals surface area contributed by atoms with E-state index >= 15 is 0 Å². The van der Waals surface area contributed by atoms with Gasteiger partial charge in [0.25, 0.3) is 0 Å². The Morgan fingerprint density at radius 1 is 1.17 bits per heavy atom. The predicted octanol–water partition coefficient (Wildman–Crippen LogP) is 3.61. The van der Waals surface area contributed by atoms with Gasteiger partial charge in [-0.1, -0.05) is 26.0 Å². The lowest BCUT2D eigenvalue weighted by Crippen LogP contribution is -2.27. The Morgan fingerprint density at radius 2 is 1.67 bits per heavy atom. The number of hydrogen-bond acceptors (Lipinski definition) is 2. The molecule has 0 saturated heterocycles. The van der Waals surface area contributed by atoms with Crippen molar-refractivity contribution in [3.63, 3.8) is 0 Å². The van der Waals surface area contributed by atoms with Crippen molar-refractivity contribution in [2.45, 2.75) is 26.1 Å². The number of rotatable bonds is 4. The summed E-state index contributed by atoms with van der Waals surface area (Å²) in [5, 5.41) is 9.13. The molecule has 0 N–H and O–H groups in total. The molecule has 0 bridgehead atoms. The van der Waals surface area contributed by atoms with Crippen LogP contribution in [0.2, 0.25) is 0 Å². The van der Waals surface area contributed by atoms with Gasteiger partial charge in [0.15, 0.2) is 0 Å². The van der Waals surface area contributed by atoms with E-state index in [0.717, 1.165) is 12.1 Å². The predicted molar refractivity (Wildman–Crippen MR) is 62.7 cm³/mol. The van der Waals surface area contributed by atoms with Crippen molar-refractivity contribution in [1.82, 2.24) is 4.90 Å². The van der Waals surface area contributed by atoms with E-state index in [2.05, 4.69) is 6.07 Å². The number of halogens is 3. The topological polar surface area (TPSA) is 27.0 Å². The molecule has 1 rings (SSSR count). The highest BCUT2D eigenvalue weighted by atomic mass is 19.4. The molecule has 18 heavy (non-hydrogen) atoms. The summed E-state index contributed by atoms with van der Waals surface area (Å²) >= 11 is 0. The van der Waals surface area contributed by atoms with Crippen LogP contribution in [0.25, 0.3) is 0 Å². The van der Waals surface area contributed by atoms with Crippen LogP contribution in [0.5, 0.6) is 0 Å². The van der Waals surface area contributed by atoms with Gasteiger partial charge in [0, 0.05) is 0 Å². The fraction of sp³-hybridized carbons (Fsp3) is 0.462. The lowest BCUT2D eigenvalue weighted by molar-refractivity contribution is -0.137. The number of hydrogen-bond donors (Lipinski definition) is 0. The van der Waals surface area contributed by atoms with Crippen molar-refractivity contribution < 1.29 is 13.2 Å². The second-order valence-corrected chi connectivity index (χ2v) is 3.87. The van der Waals surface area contributed by atoms with Crippen LogP contribution in [0, 0.1) is 11.3 Å². The monoisotopic (exact) mass is 256 g/mol. The standard InChI is InChI=1S/C13H15F3N2/c1-3-18(4-2)12(9-17)10-5-7-11(8-6-10)13(14,15)16/h5-8,12H,3-4H2,1-2H3. The van der Waals surface area contributed by atoms with Crippen LogP contribution >= 0.6 is 0 Å². The molecule has 0 aliphatic rings. The Morgan fingerprint density at radius 3 is 2.00 bits per heavy atom. The maximum Gasteiger partial charge on any atom is 0.416 e. The molecule has 98 valence electrons. The van der Waals surface area contributed by atoms with E-state index in [0.29, 0.717) is 18.7 Å². The van der Waals surface area contributed by atoms with Crippen molar-refractivity contribution in [3.05, 3.63) is 35.4 Å². The second-order valence-electron chi connectivity index (χ2n) is 3.87. The zero-order chi connectivity index (χ0) is 13.8. The highest BCUT2D eigenvalue weighted by Crippen LogP contribution is 2.30. The summed E-state index contributed by atoms with van der Waals surface area (Å²) in [4.78, 5) is 1.89. The van der Waals surface area contributed by atoms with Crippen LogP contribution in [0.15, 0.2) is 24.3 Å². The molecule has 0 spiro atoms. The Bertz CT molecular complexity index is 413. The minimum absolute atomic E-state index is 0.498. The second kappa shape index (κ2) is 5.87. The summed E-state index contributed by atoms with van der Waals surface area (Å²) in [6.45, 7) is 5.18. The molecule has 0 fully saturated rings. The Labute approximate surface area is 105 Å². The molecule has 0 saturated carbocycles. The summed E-state index contributed by atoms with van der Waals surface area (Å²) in [7, 11) is 0. The first-order valence-electron chi connectivity index (χ1n) is 5.74. The van der Waals surface area contributed by atoms with Gasteiger partial charge in [-0.25, -0.2) is 0 Å². The minimum Gasteiger partial charge on any atom is -0.285 e. The van der Waals surface area contributed by atoms with Crippen LogP contribution < -0.4 is 0 Å². The average Bonchev–Trinajstić information content (AvgIpc) is 2.35. The van der Waals surface area contributed by atoms with Crippen molar-refractivity contribution in [1.29, 1.82) is 5.26 Å². The van der Waals surface area contributed by atoms with Crippen LogP contribution in [0.4, 0.5) is 13.2 Å². The van der Waals surface area contributed by atoms with Crippen molar-refractivity contribution in [2.75, 3.05) is 13.1 Å².